The van der Waals surface area contributed by atoms with Crippen LogP contribution < -0.4 is 9.47 Å². The van der Waals surface area contributed by atoms with Crippen LogP contribution in [0.3, 0.4) is 0 Å². The van der Waals surface area contributed by atoms with Crippen molar-refractivity contribution in [2.45, 2.75) is 0 Å². The van der Waals surface area contributed by atoms with E-state index in [-0.39, 0.29) is 11.7 Å². The quantitative estimate of drug-likeness (QED) is 0.781. The maximum absolute atomic E-state index is 10.4. The molecule has 0 aliphatic carbocycles. The number of hydrogen-bond acceptors (Lipinski definition) is 4. The minimum absolute atomic E-state index is 0.202. The summed E-state index contributed by atoms with van der Waals surface area (Å²) in [5.74, 6) is 1.37. The molecule has 1 heterocycles. The maximum atomic E-state index is 10.4. The van der Waals surface area contributed by atoms with Crippen molar-refractivity contribution in [3.8, 4) is 17.4 Å². The molecule has 0 saturated carbocycles. The van der Waals surface area contributed by atoms with Gasteiger partial charge in [0.25, 0.3) is 5.95 Å². The molecule has 2 aromatic rings. The molecule has 0 saturated heterocycles. The van der Waals surface area contributed by atoms with E-state index in [1.807, 2.05) is 0 Å². The average Bonchev–Trinajstić information content (AvgIpc) is 2.79. The Labute approximate surface area is 103 Å². The molecule has 0 aliphatic rings. The van der Waals surface area contributed by atoms with Crippen molar-refractivity contribution in [2.75, 3.05) is 7.11 Å². The van der Waals surface area contributed by atoms with Gasteiger partial charge in [-0.15, -0.1) is 0 Å². The first kappa shape index (κ1) is 11.5. The van der Waals surface area contributed by atoms with Crippen molar-refractivity contribution in [2.24, 2.45) is 0 Å². The zero-order chi connectivity index (χ0) is 12.3. The van der Waals surface area contributed by atoms with Crippen LogP contribution in [0.25, 0.3) is 0 Å². The van der Waals surface area contributed by atoms with Crippen LogP contribution in [-0.4, -0.2) is 13.4 Å². The normalized spacial score (nSPS) is 10.0. The van der Waals surface area contributed by atoms with Crippen LogP contribution in [0.5, 0.6) is 17.4 Å². The predicted molar refractivity (Wildman–Crippen MR) is 62.2 cm³/mol. The van der Waals surface area contributed by atoms with Gasteiger partial charge in [0, 0.05) is 17.2 Å². The van der Waals surface area contributed by atoms with Crippen molar-refractivity contribution in [3.63, 3.8) is 0 Å². The molecule has 4 nitrogen and oxygen atoms in total. The maximum Gasteiger partial charge on any atom is 0.290 e. The van der Waals surface area contributed by atoms with Crippen LogP contribution in [0, 0.1) is 0 Å². The van der Waals surface area contributed by atoms with Crippen molar-refractivity contribution in [3.05, 3.63) is 41.1 Å². The molecule has 0 bridgehead atoms. The lowest BCUT2D eigenvalue weighted by Gasteiger charge is -2.07. The molecule has 0 unspecified atom stereocenters. The second-order valence-electron chi connectivity index (χ2n) is 3.17. The van der Waals surface area contributed by atoms with E-state index >= 15 is 0 Å². The Bertz CT molecular complexity index is 533. The molecule has 0 spiro atoms. The number of aldehydes is 1. The third-order valence-corrected chi connectivity index (χ3v) is 2.29. The molecule has 0 N–H and O–H groups in total. The van der Waals surface area contributed by atoms with Gasteiger partial charge in [-0.1, -0.05) is 11.6 Å². The fourth-order valence-corrected chi connectivity index (χ4v) is 1.45. The molecule has 0 atom stereocenters. The lowest BCUT2D eigenvalue weighted by Crippen LogP contribution is -1.89. The summed E-state index contributed by atoms with van der Waals surface area (Å²) >= 11 is 5.82. The minimum Gasteiger partial charge on any atom is -0.493 e. The summed E-state index contributed by atoms with van der Waals surface area (Å²) < 4.78 is 15.6. The molecule has 17 heavy (non-hydrogen) atoms. The number of benzene rings is 1. The fourth-order valence-electron chi connectivity index (χ4n) is 1.29. The second-order valence-corrected chi connectivity index (χ2v) is 3.61. The number of carbonyl (C=O) groups excluding carboxylic acids is 1. The zero-order valence-electron chi connectivity index (χ0n) is 8.98. The third kappa shape index (κ3) is 2.60. The molecular weight excluding hydrogens is 244 g/mol. The highest BCUT2D eigenvalue weighted by molar-refractivity contribution is 6.30. The predicted octanol–water partition coefficient (Wildman–Crippen LogP) is 3.55. The number of carbonyl (C=O) groups is 1. The number of rotatable bonds is 4. The van der Waals surface area contributed by atoms with Gasteiger partial charge in [0.1, 0.15) is 0 Å². The first-order valence-electron chi connectivity index (χ1n) is 4.79. The monoisotopic (exact) mass is 252 g/mol. The molecule has 2 rings (SSSR count). The minimum atomic E-state index is 0.202. The lowest BCUT2D eigenvalue weighted by atomic mass is 10.3. The molecule has 0 amide bonds. The van der Waals surface area contributed by atoms with E-state index in [0.717, 1.165) is 0 Å². The zero-order valence-corrected chi connectivity index (χ0v) is 9.73. The highest BCUT2D eigenvalue weighted by atomic mass is 35.5. The van der Waals surface area contributed by atoms with Crippen LogP contribution in [0.4, 0.5) is 0 Å². The average molecular weight is 253 g/mol. The van der Waals surface area contributed by atoms with Crippen LogP contribution in [0.15, 0.2) is 34.7 Å². The van der Waals surface area contributed by atoms with E-state index in [2.05, 4.69) is 0 Å². The highest BCUT2D eigenvalue weighted by Gasteiger charge is 2.09. The number of halogens is 1. The second kappa shape index (κ2) is 4.93. The number of furan rings is 1. The summed E-state index contributed by atoms with van der Waals surface area (Å²) in [6, 6.07) is 8.02. The van der Waals surface area contributed by atoms with E-state index in [1.165, 1.54) is 13.2 Å². The number of methoxy groups -OCH3 is 1. The number of ether oxygens (including phenoxy) is 2. The summed E-state index contributed by atoms with van der Waals surface area (Å²) in [6.07, 6.45) is 0.603. The Balaban J connectivity index is 2.25. The van der Waals surface area contributed by atoms with Gasteiger partial charge in [-0.25, -0.2) is 0 Å². The SMILES string of the molecule is COc1cc(Cl)ccc1Oc1ccc(C=O)o1. The van der Waals surface area contributed by atoms with Crippen molar-refractivity contribution in [1.82, 2.24) is 0 Å². The molecule has 0 radical (unpaired) electrons. The van der Waals surface area contributed by atoms with Gasteiger partial charge >= 0.3 is 0 Å². The van der Waals surface area contributed by atoms with E-state index < -0.39 is 0 Å². The summed E-state index contributed by atoms with van der Waals surface area (Å²) in [5.41, 5.74) is 0. The van der Waals surface area contributed by atoms with Gasteiger partial charge < -0.3 is 13.9 Å². The summed E-state index contributed by atoms with van der Waals surface area (Å²) in [7, 11) is 1.51. The van der Waals surface area contributed by atoms with Gasteiger partial charge in [-0.2, -0.15) is 0 Å². The third-order valence-electron chi connectivity index (χ3n) is 2.05. The number of hydrogen-bond donors (Lipinski definition) is 0. The molecule has 0 aliphatic heterocycles. The Morgan fingerprint density at radius 3 is 2.71 bits per heavy atom. The van der Waals surface area contributed by atoms with E-state index in [1.54, 1.807) is 24.3 Å². The van der Waals surface area contributed by atoms with Gasteiger partial charge in [-0.05, 0) is 18.2 Å². The Morgan fingerprint density at radius 2 is 2.06 bits per heavy atom. The first-order valence-corrected chi connectivity index (χ1v) is 5.17. The highest BCUT2D eigenvalue weighted by Crippen LogP contribution is 2.34. The Hall–Kier alpha value is -1.94. The Morgan fingerprint density at radius 1 is 1.24 bits per heavy atom. The van der Waals surface area contributed by atoms with Gasteiger partial charge in [0.05, 0.1) is 7.11 Å². The molecule has 1 aromatic heterocycles. The first-order chi connectivity index (χ1) is 8.22. The van der Waals surface area contributed by atoms with Crippen LogP contribution in [0.2, 0.25) is 5.02 Å². The smallest absolute Gasteiger partial charge is 0.290 e. The van der Waals surface area contributed by atoms with Crippen molar-refractivity contribution >= 4 is 17.9 Å². The summed E-state index contributed by atoms with van der Waals surface area (Å²) in [6.45, 7) is 0. The molecular formula is C12H9ClO4. The van der Waals surface area contributed by atoms with E-state index in [0.29, 0.717) is 22.8 Å². The van der Waals surface area contributed by atoms with Crippen molar-refractivity contribution in [1.29, 1.82) is 0 Å². The van der Waals surface area contributed by atoms with Crippen LogP contribution in [-0.2, 0) is 0 Å². The van der Waals surface area contributed by atoms with E-state index in [4.69, 9.17) is 25.5 Å². The topological polar surface area (TPSA) is 48.7 Å². The molecule has 5 heteroatoms. The van der Waals surface area contributed by atoms with Gasteiger partial charge in [0.2, 0.25) is 0 Å². The van der Waals surface area contributed by atoms with E-state index in [9.17, 15) is 4.79 Å². The largest absolute Gasteiger partial charge is 0.493 e. The van der Waals surface area contributed by atoms with Crippen molar-refractivity contribution < 1.29 is 18.7 Å². The van der Waals surface area contributed by atoms with Gasteiger partial charge in [0.15, 0.2) is 23.5 Å². The molecule has 0 fully saturated rings. The van der Waals surface area contributed by atoms with Crippen LogP contribution in [0.1, 0.15) is 10.6 Å². The van der Waals surface area contributed by atoms with Crippen LogP contribution >= 0.6 is 11.6 Å². The fraction of sp³-hybridized carbons (Fsp3) is 0.0833. The van der Waals surface area contributed by atoms with Gasteiger partial charge in [-0.3, -0.25) is 4.79 Å². The summed E-state index contributed by atoms with van der Waals surface area (Å²) in [5, 5.41) is 0.544. The molecule has 88 valence electrons. The lowest BCUT2D eigenvalue weighted by molar-refractivity contribution is 0.109. The summed E-state index contributed by atoms with van der Waals surface area (Å²) in [4.78, 5) is 10.4. The standard InChI is InChI=1S/C12H9ClO4/c1-15-11-6-8(13)2-4-10(11)17-12-5-3-9(7-14)16-12/h2-7H,1H3. The Kier molecular flexibility index (Phi) is 3.35. The molecule has 1 aromatic carbocycles.